The summed E-state index contributed by atoms with van der Waals surface area (Å²) in [5.41, 5.74) is 4.98. The first-order valence-electron chi connectivity index (χ1n) is 15.0. The zero-order chi connectivity index (χ0) is 32.5. The van der Waals surface area contributed by atoms with Gasteiger partial charge in [-0.05, 0) is 72.1 Å². The van der Waals surface area contributed by atoms with E-state index < -0.39 is 0 Å². The van der Waals surface area contributed by atoms with Gasteiger partial charge in [0.05, 0.1) is 6.20 Å². The monoisotopic (exact) mass is 658 g/mol. The second-order valence-corrected chi connectivity index (χ2v) is 12.4. The number of amides is 1. The number of carbonyl (C=O) groups is 1. The molecule has 0 radical (unpaired) electrons. The van der Waals surface area contributed by atoms with Gasteiger partial charge in [-0.15, -0.1) is 0 Å². The Morgan fingerprint density at radius 3 is 2.37 bits per heavy atom. The number of hydrogen-bond acceptors (Lipinski definition) is 6. The van der Waals surface area contributed by atoms with Crippen LogP contribution in [0.1, 0.15) is 41.5 Å². The molecule has 5 rings (SSSR count). The third-order valence-electron chi connectivity index (χ3n) is 7.77. The molecule has 0 aliphatic carbocycles. The van der Waals surface area contributed by atoms with Gasteiger partial charge in [-0.25, -0.2) is 4.39 Å². The summed E-state index contributed by atoms with van der Waals surface area (Å²) in [6.45, 7) is 3.69. The fourth-order valence-corrected chi connectivity index (χ4v) is 6.12. The average molecular weight is 659 g/mol. The minimum atomic E-state index is -0.356. The molecule has 0 saturated carbocycles. The van der Waals surface area contributed by atoms with E-state index in [1.807, 2.05) is 67.4 Å². The second-order valence-electron chi connectivity index (χ2n) is 11.1. The van der Waals surface area contributed by atoms with Crippen molar-refractivity contribution in [2.75, 3.05) is 20.1 Å². The van der Waals surface area contributed by atoms with Crippen LogP contribution in [0.15, 0.2) is 101 Å². The van der Waals surface area contributed by atoms with E-state index in [0.717, 1.165) is 40.8 Å². The van der Waals surface area contributed by atoms with Crippen LogP contribution in [0.2, 0.25) is 5.02 Å². The maximum absolute atomic E-state index is 14.0. The summed E-state index contributed by atoms with van der Waals surface area (Å²) in [6.07, 6.45) is 5.95. The normalized spacial score (nSPS) is 11.8. The van der Waals surface area contributed by atoms with Crippen molar-refractivity contribution < 1.29 is 9.18 Å². The van der Waals surface area contributed by atoms with E-state index in [-0.39, 0.29) is 29.7 Å². The Hall–Kier alpha value is -4.25. The standard InChI is InChI=1S/C35H36ClFN6O2S/c1-24(29-18-39-40-19-29)32-21-43(35(41-34(32)45)46-23-26-6-14-31(37)15-7-26)22-33(44)42(17-3-16-38-2)20-25-4-8-27(9-5-25)28-10-12-30(36)13-11-28/h4-15,18-19,21,24,38H,3,16-17,20,22-23H2,1-2H3,(H,39,40). The van der Waals surface area contributed by atoms with Crippen molar-refractivity contribution in [3.63, 3.8) is 0 Å². The highest BCUT2D eigenvalue weighted by Crippen LogP contribution is 2.26. The first kappa shape index (κ1) is 33.1. The lowest BCUT2D eigenvalue weighted by molar-refractivity contribution is -0.132. The first-order valence-corrected chi connectivity index (χ1v) is 16.4. The number of nitrogens with zero attached hydrogens (tertiary/aromatic N) is 4. The molecular weight excluding hydrogens is 623 g/mol. The van der Waals surface area contributed by atoms with Crippen molar-refractivity contribution >= 4 is 29.3 Å². The summed E-state index contributed by atoms with van der Waals surface area (Å²) >= 11 is 7.40. The maximum Gasteiger partial charge on any atom is 0.277 e. The smallest absolute Gasteiger partial charge is 0.277 e. The lowest BCUT2D eigenvalue weighted by Crippen LogP contribution is -2.36. The largest absolute Gasteiger partial charge is 0.337 e. The molecule has 0 spiro atoms. The number of hydrogen-bond donors (Lipinski definition) is 2. The molecule has 3 aromatic carbocycles. The van der Waals surface area contributed by atoms with Crippen molar-refractivity contribution in [2.24, 2.45) is 0 Å². The molecule has 2 aromatic heterocycles. The summed E-state index contributed by atoms with van der Waals surface area (Å²) in [7, 11) is 1.89. The van der Waals surface area contributed by atoms with Crippen molar-refractivity contribution in [3.05, 3.63) is 135 Å². The van der Waals surface area contributed by atoms with Crippen LogP contribution < -0.4 is 10.9 Å². The Kier molecular flexibility index (Phi) is 11.4. The number of halogens is 2. The first-order chi connectivity index (χ1) is 22.3. The summed E-state index contributed by atoms with van der Waals surface area (Å²) in [6, 6.07) is 22.1. The Bertz CT molecular complexity index is 1780. The number of nitrogens with one attached hydrogen (secondary N) is 2. The molecule has 0 aliphatic rings. The van der Waals surface area contributed by atoms with Gasteiger partial charge in [0.2, 0.25) is 5.91 Å². The van der Waals surface area contributed by atoms with Crippen molar-refractivity contribution in [1.82, 2.24) is 30.0 Å². The van der Waals surface area contributed by atoms with Crippen LogP contribution >= 0.6 is 23.4 Å². The molecule has 0 fully saturated rings. The number of benzene rings is 3. The molecule has 11 heteroatoms. The van der Waals surface area contributed by atoms with Gasteiger partial charge in [-0.3, -0.25) is 14.7 Å². The fourth-order valence-electron chi connectivity index (χ4n) is 5.07. The predicted octanol–water partition coefficient (Wildman–Crippen LogP) is 6.51. The number of rotatable bonds is 14. The van der Waals surface area contributed by atoms with Gasteiger partial charge >= 0.3 is 0 Å². The predicted molar refractivity (Wildman–Crippen MR) is 181 cm³/mol. The Morgan fingerprint density at radius 1 is 1.04 bits per heavy atom. The average Bonchev–Trinajstić information content (AvgIpc) is 3.61. The van der Waals surface area contributed by atoms with Crippen LogP contribution in [-0.4, -0.2) is 50.7 Å². The number of aromatic amines is 1. The number of thioether (sulfide) groups is 1. The maximum atomic E-state index is 14.0. The van der Waals surface area contributed by atoms with Gasteiger partial charge in [-0.1, -0.05) is 78.8 Å². The van der Waals surface area contributed by atoms with Crippen molar-refractivity contribution in [2.45, 2.75) is 43.3 Å². The minimum absolute atomic E-state index is 0.00650. The molecule has 2 heterocycles. The third kappa shape index (κ3) is 8.72. The molecule has 5 aromatic rings. The topological polar surface area (TPSA) is 95.9 Å². The Morgan fingerprint density at radius 2 is 1.72 bits per heavy atom. The highest BCUT2D eigenvalue weighted by molar-refractivity contribution is 7.98. The molecule has 0 saturated heterocycles. The number of aromatic nitrogens is 4. The lowest BCUT2D eigenvalue weighted by atomic mass is 9.98. The number of H-pyrrole nitrogens is 1. The molecule has 2 N–H and O–H groups in total. The van der Waals surface area contributed by atoms with Crippen LogP contribution in [0, 0.1) is 5.82 Å². The van der Waals surface area contributed by atoms with Gasteiger partial charge in [0, 0.05) is 47.7 Å². The molecule has 0 aliphatic heterocycles. The van der Waals surface area contributed by atoms with Crippen LogP contribution in [0.3, 0.4) is 0 Å². The number of carbonyl (C=O) groups excluding carboxylic acids is 1. The van der Waals surface area contributed by atoms with E-state index in [1.165, 1.54) is 23.9 Å². The Labute approximate surface area is 277 Å². The lowest BCUT2D eigenvalue weighted by Gasteiger charge is -2.25. The fraction of sp³-hybridized carbons (Fsp3) is 0.257. The van der Waals surface area contributed by atoms with Gasteiger partial charge in [0.15, 0.2) is 5.16 Å². The van der Waals surface area contributed by atoms with Gasteiger partial charge in [0.25, 0.3) is 5.56 Å². The summed E-state index contributed by atoms with van der Waals surface area (Å²) in [5.74, 6) is -0.218. The molecule has 1 atom stereocenters. The highest BCUT2D eigenvalue weighted by Gasteiger charge is 2.21. The van der Waals surface area contributed by atoms with Crippen molar-refractivity contribution in [3.8, 4) is 11.1 Å². The minimum Gasteiger partial charge on any atom is -0.337 e. The van der Waals surface area contributed by atoms with E-state index in [0.29, 0.717) is 34.6 Å². The third-order valence-corrected chi connectivity index (χ3v) is 9.08. The molecule has 8 nitrogen and oxygen atoms in total. The van der Waals surface area contributed by atoms with Crippen LogP contribution in [0.5, 0.6) is 0 Å². The summed E-state index contributed by atoms with van der Waals surface area (Å²) < 4.78 is 15.2. The highest BCUT2D eigenvalue weighted by atomic mass is 35.5. The molecule has 1 unspecified atom stereocenters. The SMILES string of the molecule is CNCCCN(Cc1ccc(-c2ccc(Cl)cc2)cc1)C(=O)Cn1cc(C(C)c2cn[nH]c2)c(=O)nc1SCc1ccc(F)cc1. The van der Waals surface area contributed by atoms with Gasteiger partial charge in [0.1, 0.15) is 12.4 Å². The second kappa shape index (κ2) is 15.8. The van der Waals surface area contributed by atoms with Crippen LogP contribution in [0.4, 0.5) is 4.39 Å². The molecule has 46 heavy (non-hydrogen) atoms. The van der Waals surface area contributed by atoms with Crippen LogP contribution in [-0.2, 0) is 23.6 Å². The van der Waals surface area contributed by atoms with E-state index in [4.69, 9.17) is 11.6 Å². The quantitative estimate of drug-likeness (QED) is 0.0803. The van der Waals surface area contributed by atoms with E-state index in [1.54, 1.807) is 35.3 Å². The molecular formula is C35H36ClFN6O2S. The summed E-state index contributed by atoms with van der Waals surface area (Å²) in [4.78, 5) is 33.5. The van der Waals surface area contributed by atoms with Gasteiger partial charge in [-0.2, -0.15) is 10.1 Å². The van der Waals surface area contributed by atoms with Crippen LogP contribution in [0.25, 0.3) is 11.1 Å². The zero-order valence-electron chi connectivity index (χ0n) is 25.7. The summed E-state index contributed by atoms with van der Waals surface area (Å²) in [5, 5.41) is 11.1. The van der Waals surface area contributed by atoms with Crippen molar-refractivity contribution in [1.29, 1.82) is 0 Å². The Balaban J connectivity index is 1.40. The van der Waals surface area contributed by atoms with E-state index in [2.05, 4.69) is 20.5 Å². The molecule has 0 bridgehead atoms. The molecule has 1 amide bonds. The van der Waals surface area contributed by atoms with E-state index >= 15 is 0 Å². The van der Waals surface area contributed by atoms with Gasteiger partial charge < -0.3 is 14.8 Å². The zero-order valence-corrected chi connectivity index (χ0v) is 27.3. The molecule has 238 valence electrons. The van der Waals surface area contributed by atoms with E-state index in [9.17, 15) is 14.0 Å².